The maximum absolute atomic E-state index is 7.11. The molecule has 0 atom stereocenters. The third-order valence-electron chi connectivity index (χ3n) is 16.1. The fourth-order valence-electron chi connectivity index (χ4n) is 13.6. The second-order valence-electron chi connectivity index (χ2n) is 19.0. The van der Waals surface area contributed by atoms with Gasteiger partial charge in [-0.25, -0.2) is 0 Å². The van der Waals surface area contributed by atoms with Crippen LogP contribution in [-0.4, -0.2) is 0 Å². The Balaban J connectivity index is 1.01. The van der Waals surface area contributed by atoms with Gasteiger partial charge in [-0.15, -0.1) is 0 Å². The van der Waals surface area contributed by atoms with Crippen LogP contribution in [0.1, 0.15) is 44.5 Å². The van der Waals surface area contributed by atoms with Crippen molar-refractivity contribution >= 4 is 49.8 Å². The van der Waals surface area contributed by atoms with Crippen molar-refractivity contribution in [1.82, 2.24) is 0 Å². The Hall–Kier alpha value is -8.72. The zero-order valence-corrected chi connectivity index (χ0v) is 36.9. The molecule has 0 fully saturated rings. The van der Waals surface area contributed by atoms with Gasteiger partial charge in [0, 0.05) is 22.1 Å². The number of furan rings is 1. The lowest BCUT2D eigenvalue weighted by molar-refractivity contribution is 0.669. The van der Waals surface area contributed by atoms with Gasteiger partial charge < -0.3 is 9.32 Å². The highest BCUT2D eigenvalue weighted by Crippen LogP contribution is 2.65. The Morgan fingerprint density at radius 1 is 0.294 bits per heavy atom. The average Bonchev–Trinajstić information content (AvgIpc) is 4.18. The molecular weight excluding hydrogens is 823 g/mol. The molecule has 0 amide bonds. The molecule has 68 heavy (non-hydrogen) atoms. The van der Waals surface area contributed by atoms with Crippen LogP contribution in [0.2, 0.25) is 0 Å². The molecule has 0 aliphatic heterocycles. The smallest absolute Gasteiger partial charge is 0.160 e. The van der Waals surface area contributed by atoms with Gasteiger partial charge >= 0.3 is 0 Å². The van der Waals surface area contributed by atoms with E-state index in [1.807, 2.05) is 0 Å². The van der Waals surface area contributed by atoms with Gasteiger partial charge in [0.15, 0.2) is 5.58 Å². The summed E-state index contributed by atoms with van der Waals surface area (Å²) in [6.07, 6.45) is 0. The molecule has 1 aromatic heterocycles. The molecule has 4 aliphatic carbocycles. The van der Waals surface area contributed by atoms with E-state index in [0.29, 0.717) is 0 Å². The van der Waals surface area contributed by atoms with Gasteiger partial charge in [-0.1, -0.05) is 200 Å². The number of hydrogen-bond donors (Lipinski definition) is 0. The summed E-state index contributed by atoms with van der Waals surface area (Å²) in [6, 6.07) is 88.6. The second-order valence-corrected chi connectivity index (χ2v) is 19.0. The van der Waals surface area contributed by atoms with E-state index < -0.39 is 10.8 Å². The number of para-hydroxylation sites is 1. The van der Waals surface area contributed by atoms with Crippen LogP contribution in [0.25, 0.3) is 77.2 Å². The molecule has 0 bridgehead atoms. The zero-order chi connectivity index (χ0) is 44.3. The van der Waals surface area contributed by atoms with Gasteiger partial charge in [0.1, 0.15) is 5.58 Å². The van der Waals surface area contributed by atoms with Crippen LogP contribution in [0.3, 0.4) is 0 Å². The molecule has 11 aromatic carbocycles. The molecule has 2 spiro atoms. The van der Waals surface area contributed by atoms with Crippen LogP contribution in [0, 0.1) is 0 Å². The van der Waals surface area contributed by atoms with Gasteiger partial charge in [-0.3, -0.25) is 0 Å². The normalized spacial score (nSPS) is 14.4. The zero-order valence-electron chi connectivity index (χ0n) is 36.9. The predicted molar refractivity (Wildman–Crippen MR) is 279 cm³/mol. The number of fused-ring (bicyclic) bond motifs is 25. The Labute approximate surface area is 393 Å². The van der Waals surface area contributed by atoms with Crippen molar-refractivity contribution in [1.29, 1.82) is 0 Å². The van der Waals surface area contributed by atoms with Crippen LogP contribution in [0.15, 0.2) is 241 Å². The van der Waals surface area contributed by atoms with Crippen molar-refractivity contribution in [2.24, 2.45) is 0 Å². The van der Waals surface area contributed by atoms with Crippen molar-refractivity contribution in [3.05, 3.63) is 281 Å². The maximum Gasteiger partial charge on any atom is 0.160 e. The van der Waals surface area contributed by atoms with Crippen molar-refractivity contribution < 1.29 is 4.42 Å². The maximum atomic E-state index is 7.11. The largest absolute Gasteiger partial charge is 0.454 e. The summed E-state index contributed by atoms with van der Waals surface area (Å²) < 4.78 is 7.11. The summed E-state index contributed by atoms with van der Waals surface area (Å²) in [4.78, 5) is 2.49. The predicted octanol–water partition coefficient (Wildman–Crippen LogP) is 16.9. The highest BCUT2D eigenvalue weighted by molar-refractivity contribution is 6.23. The van der Waals surface area contributed by atoms with Gasteiger partial charge in [0.05, 0.1) is 16.5 Å². The Bertz CT molecular complexity index is 4080. The van der Waals surface area contributed by atoms with E-state index in [1.165, 1.54) is 99.8 Å². The van der Waals surface area contributed by atoms with Gasteiger partial charge in [0.25, 0.3) is 0 Å². The number of nitrogens with zero attached hydrogens (tertiary/aromatic N) is 1. The van der Waals surface area contributed by atoms with Crippen LogP contribution in [0.5, 0.6) is 0 Å². The summed E-state index contributed by atoms with van der Waals surface area (Å²) in [6.45, 7) is 0. The average molecular weight is 862 g/mol. The summed E-state index contributed by atoms with van der Waals surface area (Å²) in [5.74, 6) is 0. The first-order chi connectivity index (χ1) is 33.7. The minimum absolute atomic E-state index is 0.438. The third-order valence-corrected chi connectivity index (χ3v) is 16.1. The number of benzene rings is 11. The van der Waals surface area contributed by atoms with E-state index in [4.69, 9.17) is 4.42 Å². The fraction of sp³-hybridized carbons (Fsp3) is 0.0303. The van der Waals surface area contributed by atoms with E-state index in [1.54, 1.807) is 0 Å². The molecule has 0 radical (unpaired) electrons. The minimum atomic E-state index is -0.495. The van der Waals surface area contributed by atoms with Crippen LogP contribution >= 0.6 is 0 Å². The minimum Gasteiger partial charge on any atom is -0.454 e. The Morgan fingerprint density at radius 2 is 0.691 bits per heavy atom. The van der Waals surface area contributed by atoms with Crippen LogP contribution in [0.4, 0.5) is 17.1 Å². The van der Waals surface area contributed by atoms with E-state index in [-0.39, 0.29) is 0 Å². The molecule has 12 aromatic rings. The quantitative estimate of drug-likeness (QED) is 0.176. The number of rotatable bonds is 3. The highest BCUT2D eigenvalue weighted by atomic mass is 16.3. The third kappa shape index (κ3) is 4.31. The van der Waals surface area contributed by atoms with Crippen molar-refractivity contribution in [3.63, 3.8) is 0 Å². The SMILES string of the molecule is c1ccc2c(c1)-c1ccccc1C21c2ccccc2-c2cc(N(c3ccc4c(c3)C3(c5ccccc5-c5ccccc53)c3ccccc3-4)c3cc4ccccc4c4c3oc3ccccc34)ccc21. The summed E-state index contributed by atoms with van der Waals surface area (Å²) in [5.41, 5.74) is 24.9. The first-order valence-electron chi connectivity index (χ1n) is 23.8. The van der Waals surface area contributed by atoms with Crippen molar-refractivity contribution in [3.8, 4) is 44.5 Å². The molecule has 0 saturated carbocycles. The second kappa shape index (κ2) is 13.0. The standard InChI is InChI=1S/C66H39NO/c1-2-18-43-40(17-1)37-61(64-63(43)51-25-9-16-32-62(51)68-64)67(41-34-36-59-52(38-41)49-24-8-15-31-58(49)65(59)53-26-10-3-19-44(53)45-20-4-11-27-54(45)65)42-33-35-50-48-23-7-14-30-57(48)66(60(50)39-42)55-28-12-5-21-46(55)47-22-6-13-29-56(47)66/h1-39H. The summed E-state index contributed by atoms with van der Waals surface area (Å²) >= 11 is 0. The van der Waals surface area contributed by atoms with E-state index >= 15 is 0 Å². The monoisotopic (exact) mass is 861 g/mol. The number of anilines is 3. The lowest BCUT2D eigenvalue weighted by Gasteiger charge is -2.33. The van der Waals surface area contributed by atoms with E-state index in [0.717, 1.165) is 39.0 Å². The first-order valence-corrected chi connectivity index (χ1v) is 23.8. The molecule has 0 saturated heterocycles. The first kappa shape index (κ1) is 36.5. The van der Waals surface area contributed by atoms with Gasteiger partial charge in [0.2, 0.25) is 0 Å². The molecule has 1 heterocycles. The van der Waals surface area contributed by atoms with Gasteiger partial charge in [-0.05, 0) is 136 Å². The van der Waals surface area contributed by atoms with Crippen LogP contribution < -0.4 is 4.90 Å². The molecule has 314 valence electrons. The highest BCUT2D eigenvalue weighted by Gasteiger charge is 2.53. The molecule has 0 N–H and O–H groups in total. The van der Waals surface area contributed by atoms with Crippen molar-refractivity contribution in [2.75, 3.05) is 4.90 Å². The van der Waals surface area contributed by atoms with Crippen molar-refractivity contribution in [2.45, 2.75) is 10.8 Å². The summed E-state index contributed by atoms with van der Waals surface area (Å²) in [5, 5.41) is 4.60. The summed E-state index contributed by atoms with van der Waals surface area (Å²) in [7, 11) is 0. The lowest BCUT2D eigenvalue weighted by atomic mass is 9.70. The fourth-order valence-corrected chi connectivity index (χ4v) is 13.6. The topological polar surface area (TPSA) is 16.4 Å². The molecule has 2 heteroatoms. The lowest BCUT2D eigenvalue weighted by Crippen LogP contribution is -2.26. The Kier molecular flexibility index (Phi) is 6.98. The van der Waals surface area contributed by atoms with Gasteiger partial charge in [-0.2, -0.15) is 0 Å². The molecule has 4 aliphatic rings. The molecular formula is C66H39NO. The molecule has 16 rings (SSSR count). The van der Waals surface area contributed by atoms with E-state index in [9.17, 15) is 0 Å². The molecule has 2 nitrogen and oxygen atoms in total. The Morgan fingerprint density at radius 3 is 1.25 bits per heavy atom. The number of hydrogen-bond acceptors (Lipinski definition) is 2. The van der Waals surface area contributed by atoms with Crippen LogP contribution in [-0.2, 0) is 10.8 Å². The van der Waals surface area contributed by atoms with E-state index in [2.05, 4.69) is 241 Å². The molecule has 0 unspecified atom stereocenters.